The van der Waals surface area contributed by atoms with Gasteiger partial charge in [0, 0.05) is 23.4 Å². The summed E-state index contributed by atoms with van der Waals surface area (Å²) in [5.74, 6) is 0.688. The van der Waals surface area contributed by atoms with E-state index in [0.717, 1.165) is 44.9 Å². The molecule has 4 aromatic rings. The van der Waals surface area contributed by atoms with E-state index in [2.05, 4.69) is 27.9 Å². The molecule has 28 heavy (non-hydrogen) atoms. The monoisotopic (exact) mass is 408 g/mol. The lowest BCUT2D eigenvalue weighted by molar-refractivity contribution is -0.115. The first kappa shape index (κ1) is 18.7. The average Bonchev–Trinajstić information content (AvgIpc) is 3.30. The molecule has 4 rings (SSSR count). The zero-order chi connectivity index (χ0) is 19.3. The largest absolute Gasteiger partial charge is 0.326 e. The van der Waals surface area contributed by atoms with E-state index in [4.69, 9.17) is 4.98 Å². The van der Waals surface area contributed by atoms with Crippen LogP contribution >= 0.6 is 23.1 Å². The maximum Gasteiger partial charge on any atom is 0.231 e. The molecule has 0 aliphatic carbocycles. The lowest BCUT2D eigenvalue weighted by atomic mass is 10.3. The summed E-state index contributed by atoms with van der Waals surface area (Å²) in [5.41, 5.74) is 3.96. The number of amides is 1. The molecule has 0 aliphatic heterocycles. The molecule has 0 fully saturated rings. The van der Waals surface area contributed by atoms with E-state index in [1.54, 1.807) is 11.8 Å². The fourth-order valence-corrected chi connectivity index (χ4v) is 4.84. The molecule has 0 aliphatic rings. The lowest BCUT2D eigenvalue weighted by Gasteiger charge is -2.04. The number of aromatic nitrogens is 3. The van der Waals surface area contributed by atoms with Crippen molar-refractivity contribution >= 4 is 45.7 Å². The molecular formula is C21H20N4OS2. The number of imidazole rings is 1. The van der Waals surface area contributed by atoms with Gasteiger partial charge in [-0.05, 0) is 31.2 Å². The van der Waals surface area contributed by atoms with Gasteiger partial charge in [0.2, 0.25) is 5.91 Å². The molecule has 1 amide bonds. The van der Waals surface area contributed by atoms with Crippen molar-refractivity contribution in [3.63, 3.8) is 0 Å². The normalized spacial score (nSPS) is 11.0. The highest BCUT2D eigenvalue weighted by Gasteiger charge is 2.12. The Hall–Kier alpha value is -2.64. The van der Waals surface area contributed by atoms with Gasteiger partial charge in [-0.15, -0.1) is 11.3 Å². The van der Waals surface area contributed by atoms with Gasteiger partial charge in [-0.3, -0.25) is 4.79 Å². The fraction of sp³-hybridized carbons (Fsp3) is 0.190. The van der Waals surface area contributed by atoms with Crippen LogP contribution in [-0.2, 0) is 23.5 Å². The van der Waals surface area contributed by atoms with Crippen LogP contribution in [0.4, 0.5) is 5.69 Å². The first-order valence-corrected chi connectivity index (χ1v) is 11.0. The van der Waals surface area contributed by atoms with Crippen molar-refractivity contribution in [3.8, 4) is 0 Å². The van der Waals surface area contributed by atoms with E-state index < -0.39 is 0 Å². The Kier molecular flexibility index (Phi) is 5.73. The Morgan fingerprint density at radius 3 is 2.71 bits per heavy atom. The van der Waals surface area contributed by atoms with Gasteiger partial charge in [-0.2, -0.15) is 0 Å². The van der Waals surface area contributed by atoms with Crippen LogP contribution in [0.25, 0.3) is 11.0 Å². The summed E-state index contributed by atoms with van der Waals surface area (Å²) in [6.45, 7) is 3.01. The maximum absolute atomic E-state index is 12.2. The summed E-state index contributed by atoms with van der Waals surface area (Å²) in [4.78, 5) is 21.5. The zero-order valence-electron chi connectivity index (χ0n) is 15.5. The van der Waals surface area contributed by atoms with Crippen LogP contribution in [0.15, 0.2) is 65.1 Å². The maximum atomic E-state index is 12.2. The summed E-state index contributed by atoms with van der Waals surface area (Å²) in [7, 11) is 0. The standard InChI is InChI=1S/C21H20N4OS2/c1-2-25-18-11-7-6-10-17(18)24-21(25)28-14-16-13-27-20(23-16)12-19(26)22-15-8-4-3-5-9-15/h3-11,13H,2,12,14H2,1H3,(H,22,26). The van der Waals surface area contributed by atoms with Gasteiger partial charge in [0.15, 0.2) is 5.16 Å². The van der Waals surface area contributed by atoms with Gasteiger partial charge >= 0.3 is 0 Å². The van der Waals surface area contributed by atoms with E-state index in [0.29, 0.717) is 0 Å². The first-order valence-electron chi connectivity index (χ1n) is 9.09. The van der Waals surface area contributed by atoms with E-state index >= 15 is 0 Å². The number of thioether (sulfide) groups is 1. The molecule has 1 N–H and O–H groups in total. The van der Waals surface area contributed by atoms with Crippen molar-refractivity contribution in [2.75, 3.05) is 5.32 Å². The van der Waals surface area contributed by atoms with Gasteiger partial charge < -0.3 is 9.88 Å². The molecule has 2 heterocycles. The van der Waals surface area contributed by atoms with Gasteiger partial charge in [-0.25, -0.2) is 9.97 Å². The summed E-state index contributed by atoms with van der Waals surface area (Å²) in [6, 6.07) is 17.7. The lowest BCUT2D eigenvalue weighted by Crippen LogP contribution is -2.14. The van der Waals surface area contributed by atoms with Crippen molar-refractivity contribution in [2.24, 2.45) is 0 Å². The number of thiazole rings is 1. The minimum atomic E-state index is -0.0486. The number of anilines is 1. The van der Waals surface area contributed by atoms with Crippen LogP contribution in [0.5, 0.6) is 0 Å². The minimum Gasteiger partial charge on any atom is -0.326 e. The first-order chi connectivity index (χ1) is 13.7. The number of carbonyl (C=O) groups is 1. The van der Waals surface area contributed by atoms with E-state index in [-0.39, 0.29) is 12.3 Å². The number of fused-ring (bicyclic) bond motifs is 1. The molecule has 7 heteroatoms. The van der Waals surface area contributed by atoms with Gasteiger partial charge in [-0.1, -0.05) is 42.1 Å². The molecule has 0 bridgehead atoms. The summed E-state index contributed by atoms with van der Waals surface area (Å²) in [5, 5.41) is 6.75. The Balaban J connectivity index is 1.38. The Labute approximate surface area is 171 Å². The number of nitrogens with one attached hydrogen (secondary N) is 1. The number of hydrogen-bond acceptors (Lipinski definition) is 5. The van der Waals surface area contributed by atoms with E-state index in [1.807, 2.05) is 53.9 Å². The van der Waals surface area contributed by atoms with Crippen LogP contribution < -0.4 is 5.32 Å². The molecule has 0 unspecified atom stereocenters. The quantitative estimate of drug-likeness (QED) is 0.438. The van der Waals surface area contributed by atoms with Crippen LogP contribution in [-0.4, -0.2) is 20.4 Å². The number of nitrogens with zero attached hydrogens (tertiary/aromatic N) is 3. The molecule has 0 spiro atoms. The third-order valence-electron chi connectivity index (χ3n) is 4.25. The van der Waals surface area contributed by atoms with Crippen molar-refractivity contribution in [1.82, 2.24) is 14.5 Å². The van der Waals surface area contributed by atoms with Crippen molar-refractivity contribution in [2.45, 2.75) is 30.8 Å². The highest BCUT2D eigenvalue weighted by atomic mass is 32.2. The summed E-state index contributed by atoms with van der Waals surface area (Å²) >= 11 is 3.21. The molecule has 142 valence electrons. The Bertz CT molecular complexity index is 1090. The summed E-state index contributed by atoms with van der Waals surface area (Å²) in [6.07, 6.45) is 0.289. The number of para-hydroxylation sites is 3. The predicted octanol–water partition coefficient (Wildman–Crippen LogP) is 4.99. The van der Waals surface area contributed by atoms with Crippen LogP contribution in [0.2, 0.25) is 0 Å². The second kappa shape index (κ2) is 8.58. The van der Waals surface area contributed by atoms with Crippen LogP contribution in [0.1, 0.15) is 17.6 Å². The molecule has 5 nitrogen and oxygen atoms in total. The third-order valence-corrected chi connectivity index (χ3v) is 6.16. The zero-order valence-corrected chi connectivity index (χ0v) is 17.1. The highest BCUT2D eigenvalue weighted by Crippen LogP contribution is 2.27. The molecular weight excluding hydrogens is 388 g/mol. The topological polar surface area (TPSA) is 59.8 Å². The Morgan fingerprint density at radius 1 is 1.11 bits per heavy atom. The van der Waals surface area contributed by atoms with Crippen molar-refractivity contribution in [3.05, 3.63) is 70.7 Å². The molecule has 0 radical (unpaired) electrons. The van der Waals surface area contributed by atoms with Gasteiger partial charge in [0.1, 0.15) is 5.01 Å². The van der Waals surface area contributed by atoms with E-state index in [9.17, 15) is 4.79 Å². The minimum absolute atomic E-state index is 0.0486. The highest BCUT2D eigenvalue weighted by molar-refractivity contribution is 7.98. The second-order valence-corrected chi connectivity index (χ2v) is 8.12. The molecule has 0 atom stereocenters. The number of aryl methyl sites for hydroxylation is 1. The van der Waals surface area contributed by atoms with Crippen LogP contribution in [0.3, 0.4) is 0 Å². The SMILES string of the molecule is CCn1c(SCc2csc(CC(=O)Nc3ccccc3)n2)nc2ccccc21. The van der Waals surface area contributed by atoms with Gasteiger partial charge in [0.25, 0.3) is 0 Å². The number of rotatable bonds is 7. The molecule has 0 saturated carbocycles. The molecule has 2 aromatic heterocycles. The number of carbonyl (C=O) groups excluding carboxylic acids is 1. The number of hydrogen-bond donors (Lipinski definition) is 1. The van der Waals surface area contributed by atoms with Crippen molar-refractivity contribution < 1.29 is 4.79 Å². The van der Waals surface area contributed by atoms with E-state index in [1.165, 1.54) is 11.3 Å². The average molecular weight is 409 g/mol. The predicted molar refractivity (Wildman–Crippen MR) is 116 cm³/mol. The van der Waals surface area contributed by atoms with Crippen molar-refractivity contribution in [1.29, 1.82) is 0 Å². The Morgan fingerprint density at radius 2 is 1.89 bits per heavy atom. The van der Waals surface area contributed by atoms with Crippen LogP contribution in [0, 0.1) is 0 Å². The fourth-order valence-electron chi connectivity index (χ4n) is 2.97. The molecule has 0 saturated heterocycles. The number of benzene rings is 2. The summed E-state index contributed by atoms with van der Waals surface area (Å²) < 4.78 is 2.22. The molecule has 2 aromatic carbocycles. The second-order valence-electron chi connectivity index (χ2n) is 6.24. The van der Waals surface area contributed by atoms with Gasteiger partial charge in [0.05, 0.1) is 23.1 Å². The smallest absolute Gasteiger partial charge is 0.231 e. The third kappa shape index (κ3) is 4.26.